The smallest absolute Gasteiger partial charge is 0.316 e. The molecule has 6 nitrogen and oxygen atoms in total. The number of thioether (sulfide) groups is 1. The zero-order chi connectivity index (χ0) is 17.2. The fourth-order valence-corrected chi connectivity index (χ4v) is 2.47. The minimum Gasteiger partial charge on any atom is -0.455 e. The van der Waals surface area contributed by atoms with Gasteiger partial charge in [-0.25, -0.2) is 0 Å². The summed E-state index contributed by atoms with van der Waals surface area (Å²) in [4.78, 5) is 35.5. The number of benzene rings is 1. The lowest BCUT2D eigenvalue weighted by molar-refractivity contribution is -0.146. The van der Waals surface area contributed by atoms with E-state index in [4.69, 9.17) is 4.74 Å². The van der Waals surface area contributed by atoms with Gasteiger partial charge in [0.15, 0.2) is 6.61 Å². The summed E-state index contributed by atoms with van der Waals surface area (Å²) >= 11 is 1.36. The van der Waals surface area contributed by atoms with E-state index in [2.05, 4.69) is 10.6 Å². The molecule has 0 atom stereocenters. The number of ether oxygens (including phenoxy) is 1. The molecule has 0 aromatic heterocycles. The predicted octanol–water partition coefficient (Wildman–Crippen LogP) is 1.27. The molecule has 0 aliphatic heterocycles. The third kappa shape index (κ3) is 8.25. The average molecular weight is 338 g/mol. The van der Waals surface area contributed by atoms with Gasteiger partial charge in [-0.05, 0) is 32.4 Å². The Morgan fingerprint density at radius 2 is 1.87 bits per heavy atom. The molecule has 0 unspecified atom stereocenters. The molecule has 0 heterocycles. The second-order valence-corrected chi connectivity index (χ2v) is 6.23. The summed E-state index contributed by atoms with van der Waals surface area (Å²) in [7, 11) is 0. The van der Waals surface area contributed by atoms with E-state index in [9.17, 15) is 14.4 Å². The van der Waals surface area contributed by atoms with Gasteiger partial charge in [-0.1, -0.05) is 18.2 Å². The van der Waals surface area contributed by atoms with Crippen molar-refractivity contribution in [2.24, 2.45) is 0 Å². The number of carbonyl (C=O) groups excluding carboxylic acids is 3. The summed E-state index contributed by atoms with van der Waals surface area (Å²) in [5.41, 5.74) is 1.08. The van der Waals surface area contributed by atoms with Gasteiger partial charge in [0, 0.05) is 10.9 Å². The molecule has 1 aromatic carbocycles. The van der Waals surface area contributed by atoms with Gasteiger partial charge >= 0.3 is 5.97 Å². The van der Waals surface area contributed by atoms with Crippen LogP contribution in [-0.4, -0.2) is 42.7 Å². The topological polar surface area (TPSA) is 84.5 Å². The Kier molecular flexibility index (Phi) is 8.18. The van der Waals surface area contributed by atoms with Crippen molar-refractivity contribution >= 4 is 29.5 Å². The van der Waals surface area contributed by atoms with Crippen LogP contribution in [0.1, 0.15) is 19.4 Å². The van der Waals surface area contributed by atoms with E-state index in [1.807, 2.05) is 45.0 Å². The summed E-state index contributed by atoms with van der Waals surface area (Å²) in [6.45, 7) is 5.10. The minimum absolute atomic E-state index is 0.00991. The summed E-state index contributed by atoms with van der Waals surface area (Å²) in [5.74, 6) is -1.13. The molecule has 0 saturated carbocycles. The SMILES string of the molecule is Cc1ccccc1SCC(=O)OCC(=O)NCC(=O)NC(C)C. The fraction of sp³-hybridized carbons (Fsp3) is 0.438. The van der Waals surface area contributed by atoms with Gasteiger partial charge in [0.1, 0.15) is 0 Å². The Morgan fingerprint density at radius 1 is 1.17 bits per heavy atom. The molecule has 1 rings (SSSR count). The molecule has 0 fully saturated rings. The number of rotatable bonds is 8. The molecule has 1 aromatic rings. The molecule has 0 spiro atoms. The van der Waals surface area contributed by atoms with Crippen LogP contribution >= 0.6 is 11.8 Å². The molecular weight excluding hydrogens is 316 g/mol. The van der Waals surface area contributed by atoms with Gasteiger partial charge in [0.25, 0.3) is 5.91 Å². The zero-order valence-electron chi connectivity index (χ0n) is 13.5. The van der Waals surface area contributed by atoms with Crippen molar-refractivity contribution < 1.29 is 19.1 Å². The monoisotopic (exact) mass is 338 g/mol. The van der Waals surface area contributed by atoms with E-state index >= 15 is 0 Å². The first-order valence-electron chi connectivity index (χ1n) is 7.28. The molecule has 23 heavy (non-hydrogen) atoms. The fourth-order valence-electron chi connectivity index (χ4n) is 1.65. The van der Waals surface area contributed by atoms with E-state index in [-0.39, 0.29) is 30.9 Å². The largest absolute Gasteiger partial charge is 0.455 e. The maximum Gasteiger partial charge on any atom is 0.316 e. The van der Waals surface area contributed by atoms with Crippen LogP contribution in [0.2, 0.25) is 0 Å². The van der Waals surface area contributed by atoms with Crippen molar-refractivity contribution in [2.75, 3.05) is 18.9 Å². The quantitative estimate of drug-likeness (QED) is 0.551. The molecule has 0 saturated heterocycles. The Balaban J connectivity index is 2.21. The number of hydrogen-bond acceptors (Lipinski definition) is 5. The van der Waals surface area contributed by atoms with E-state index in [0.29, 0.717) is 0 Å². The van der Waals surface area contributed by atoms with Gasteiger partial charge in [-0.15, -0.1) is 11.8 Å². The van der Waals surface area contributed by atoms with E-state index in [1.54, 1.807) is 0 Å². The first-order valence-corrected chi connectivity index (χ1v) is 8.27. The lowest BCUT2D eigenvalue weighted by Gasteiger charge is -2.09. The number of carbonyl (C=O) groups is 3. The maximum absolute atomic E-state index is 11.6. The Hall–Kier alpha value is -2.02. The zero-order valence-corrected chi connectivity index (χ0v) is 14.4. The van der Waals surface area contributed by atoms with Crippen LogP contribution in [0.15, 0.2) is 29.2 Å². The lowest BCUT2D eigenvalue weighted by Crippen LogP contribution is -2.41. The first-order chi connectivity index (χ1) is 10.9. The number of hydrogen-bond donors (Lipinski definition) is 2. The molecule has 2 N–H and O–H groups in total. The maximum atomic E-state index is 11.6. The van der Waals surface area contributed by atoms with Crippen molar-refractivity contribution in [3.05, 3.63) is 29.8 Å². The van der Waals surface area contributed by atoms with Crippen LogP contribution in [0, 0.1) is 6.92 Å². The Morgan fingerprint density at radius 3 is 2.52 bits per heavy atom. The third-order valence-electron chi connectivity index (χ3n) is 2.70. The van der Waals surface area contributed by atoms with Crippen LogP contribution < -0.4 is 10.6 Å². The molecule has 0 radical (unpaired) electrons. The van der Waals surface area contributed by atoms with Gasteiger partial charge in [0.05, 0.1) is 12.3 Å². The molecule has 7 heteroatoms. The van der Waals surface area contributed by atoms with Gasteiger partial charge in [0.2, 0.25) is 5.91 Å². The first kappa shape index (κ1) is 19.0. The van der Waals surface area contributed by atoms with Crippen molar-refractivity contribution in [3.63, 3.8) is 0 Å². The second kappa shape index (κ2) is 9.89. The van der Waals surface area contributed by atoms with Gasteiger partial charge in [-0.2, -0.15) is 0 Å². The van der Waals surface area contributed by atoms with Crippen LogP contribution in [0.4, 0.5) is 0 Å². The second-order valence-electron chi connectivity index (χ2n) is 5.21. The number of aryl methyl sites for hydroxylation is 1. The third-order valence-corrected chi connectivity index (χ3v) is 3.85. The van der Waals surface area contributed by atoms with E-state index < -0.39 is 11.9 Å². The Labute approximate surface area is 140 Å². The molecule has 126 valence electrons. The van der Waals surface area contributed by atoms with Crippen molar-refractivity contribution in [1.29, 1.82) is 0 Å². The van der Waals surface area contributed by atoms with Gasteiger partial charge < -0.3 is 15.4 Å². The van der Waals surface area contributed by atoms with Gasteiger partial charge in [-0.3, -0.25) is 14.4 Å². The van der Waals surface area contributed by atoms with E-state index in [0.717, 1.165) is 10.5 Å². The predicted molar refractivity (Wildman–Crippen MR) is 89.2 cm³/mol. The van der Waals surface area contributed by atoms with Crippen LogP contribution in [0.25, 0.3) is 0 Å². The van der Waals surface area contributed by atoms with Crippen molar-refractivity contribution in [3.8, 4) is 0 Å². The highest BCUT2D eigenvalue weighted by atomic mass is 32.2. The number of esters is 1. The summed E-state index contributed by atoms with van der Waals surface area (Å²) in [5, 5.41) is 5.03. The standard InChI is InChI=1S/C16H22N2O4S/c1-11(2)18-14(19)8-17-15(20)9-22-16(21)10-23-13-7-5-4-6-12(13)3/h4-7,11H,8-10H2,1-3H3,(H,17,20)(H,18,19). The molecule has 0 aliphatic carbocycles. The highest BCUT2D eigenvalue weighted by molar-refractivity contribution is 8.00. The lowest BCUT2D eigenvalue weighted by atomic mass is 10.2. The van der Waals surface area contributed by atoms with Crippen LogP contribution in [-0.2, 0) is 19.1 Å². The molecule has 2 amide bonds. The summed E-state index contributed by atoms with van der Waals surface area (Å²) < 4.78 is 4.88. The molecule has 0 aliphatic rings. The Bertz CT molecular complexity index is 561. The highest BCUT2D eigenvalue weighted by Crippen LogP contribution is 2.21. The molecule has 0 bridgehead atoms. The number of nitrogens with one attached hydrogen (secondary N) is 2. The van der Waals surface area contributed by atoms with Crippen molar-refractivity contribution in [1.82, 2.24) is 10.6 Å². The average Bonchev–Trinajstić information content (AvgIpc) is 2.49. The van der Waals surface area contributed by atoms with E-state index in [1.165, 1.54) is 11.8 Å². The normalized spacial score (nSPS) is 10.3. The minimum atomic E-state index is -0.502. The van der Waals surface area contributed by atoms with Crippen molar-refractivity contribution in [2.45, 2.75) is 31.7 Å². The highest BCUT2D eigenvalue weighted by Gasteiger charge is 2.10. The summed E-state index contributed by atoms with van der Waals surface area (Å²) in [6, 6.07) is 7.72. The van der Waals surface area contributed by atoms with Crippen LogP contribution in [0.3, 0.4) is 0 Å². The van der Waals surface area contributed by atoms with Crippen LogP contribution in [0.5, 0.6) is 0 Å². The molecular formula is C16H22N2O4S. The number of amides is 2. The summed E-state index contributed by atoms with van der Waals surface area (Å²) in [6.07, 6.45) is 0.